The summed E-state index contributed by atoms with van der Waals surface area (Å²) in [5.74, 6) is -0.343. The smallest absolute Gasteiger partial charge is 0.257 e. The molecular formula is C23H28N4O3S2. The van der Waals surface area contributed by atoms with Crippen molar-refractivity contribution in [1.82, 2.24) is 14.3 Å². The monoisotopic (exact) mass is 472 g/mol. The summed E-state index contributed by atoms with van der Waals surface area (Å²) in [6.45, 7) is 5.09. The van der Waals surface area contributed by atoms with Gasteiger partial charge in [-0.1, -0.05) is 32.8 Å². The SMILES string of the molecule is CCCCN(CCCC)S(=O)(=O)c1ccc(C(=O)Nc2nc(-c3ccccn3)cs2)cc1. The van der Waals surface area contributed by atoms with Crippen molar-refractivity contribution in [2.45, 2.75) is 44.4 Å². The summed E-state index contributed by atoms with van der Waals surface area (Å²) in [5, 5.41) is 5.05. The Morgan fingerprint density at radius 2 is 1.69 bits per heavy atom. The van der Waals surface area contributed by atoms with Crippen LogP contribution < -0.4 is 5.32 Å². The normalized spacial score (nSPS) is 11.6. The Morgan fingerprint density at radius 1 is 1.00 bits per heavy atom. The van der Waals surface area contributed by atoms with Crippen LogP contribution in [0.25, 0.3) is 11.4 Å². The highest BCUT2D eigenvalue weighted by molar-refractivity contribution is 7.89. The Hall–Kier alpha value is -2.62. The number of nitrogens with one attached hydrogen (secondary N) is 1. The molecule has 2 aromatic heterocycles. The maximum absolute atomic E-state index is 13.1. The van der Waals surface area contributed by atoms with Gasteiger partial charge in [0.15, 0.2) is 5.13 Å². The van der Waals surface area contributed by atoms with E-state index in [1.54, 1.807) is 10.5 Å². The Labute approximate surface area is 193 Å². The fraction of sp³-hybridized carbons (Fsp3) is 0.348. The van der Waals surface area contributed by atoms with Crippen molar-refractivity contribution in [2.24, 2.45) is 0 Å². The number of thiazole rings is 1. The Balaban J connectivity index is 1.70. The summed E-state index contributed by atoms with van der Waals surface area (Å²) < 4.78 is 27.7. The molecule has 0 atom stereocenters. The first-order chi connectivity index (χ1) is 15.5. The van der Waals surface area contributed by atoms with Crippen molar-refractivity contribution in [3.63, 3.8) is 0 Å². The number of rotatable bonds is 11. The zero-order valence-corrected chi connectivity index (χ0v) is 20.0. The molecule has 1 N–H and O–H groups in total. The molecule has 0 aliphatic rings. The van der Waals surface area contributed by atoms with E-state index in [2.05, 4.69) is 15.3 Å². The molecule has 0 saturated heterocycles. The number of pyridine rings is 1. The first-order valence-corrected chi connectivity index (χ1v) is 13.1. The van der Waals surface area contributed by atoms with Crippen molar-refractivity contribution in [2.75, 3.05) is 18.4 Å². The molecule has 9 heteroatoms. The van der Waals surface area contributed by atoms with Crippen LogP contribution in [0, 0.1) is 0 Å². The zero-order chi connectivity index (χ0) is 23.0. The molecule has 0 spiro atoms. The van der Waals surface area contributed by atoms with E-state index in [4.69, 9.17) is 0 Å². The first-order valence-electron chi connectivity index (χ1n) is 10.7. The third-order valence-corrected chi connectivity index (χ3v) is 7.60. The summed E-state index contributed by atoms with van der Waals surface area (Å²) in [4.78, 5) is 21.5. The highest BCUT2D eigenvalue weighted by Crippen LogP contribution is 2.24. The van der Waals surface area contributed by atoms with Crippen molar-refractivity contribution in [3.8, 4) is 11.4 Å². The number of nitrogens with zero attached hydrogens (tertiary/aromatic N) is 3. The summed E-state index contributed by atoms with van der Waals surface area (Å²) in [7, 11) is -3.59. The molecule has 0 bridgehead atoms. The third-order valence-electron chi connectivity index (χ3n) is 4.93. The second-order valence-electron chi connectivity index (χ2n) is 7.34. The van der Waals surface area contributed by atoms with Gasteiger partial charge in [-0.3, -0.25) is 15.1 Å². The van der Waals surface area contributed by atoms with E-state index >= 15 is 0 Å². The van der Waals surface area contributed by atoms with E-state index in [1.807, 2.05) is 37.4 Å². The van der Waals surface area contributed by atoms with E-state index in [-0.39, 0.29) is 10.8 Å². The lowest BCUT2D eigenvalue weighted by atomic mass is 10.2. The van der Waals surface area contributed by atoms with Crippen LogP contribution in [0.4, 0.5) is 5.13 Å². The molecule has 1 aromatic carbocycles. The molecule has 0 aliphatic carbocycles. The Morgan fingerprint density at radius 3 is 2.28 bits per heavy atom. The lowest BCUT2D eigenvalue weighted by molar-refractivity contribution is 0.102. The molecule has 0 radical (unpaired) electrons. The molecule has 0 aliphatic heterocycles. The number of aromatic nitrogens is 2. The molecule has 2 heterocycles. The first kappa shape index (κ1) is 24.0. The van der Waals surface area contributed by atoms with Gasteiger partial charge < -0.3 is 0 Å². The number of hydrogen-bond donors (Lipinski definition) is 1. The van der Waals surface area contributed by atoms with E-state index in [0.717, 1.165) is 31.4 Å². The number of sulfonamides is 1. The van der Waals surface area contributed by atoms with E-state index in [9.17, 15) is 13.2 Å². The number of unbranched alkanes of at least 4 members (excludes halogenated alkanes) is 2. The summed E-state index contributed by atoms with van der Waals surface area (Å²) in [6.07, 6.45) is 5.18. The zero-order valence-electron chi connectivity index (χ0n) is 18.3. The summed E-state index contributed by atoms with van der Waals surface area (Å²) in [5.41, 5.74) is 1.79. The Kier molecular flexibility index (Phi) is 8.49. The number of hydrogen-bond acceptors (Lipinski definition) is 6. The largest absolute Gasteiger partial charge is 0.298 e. The third kappa shape index (κ3) is 5.99. The highest BCUT2D eigenvalue weighted by Gasteiger charge is 2.23. The molecule has 32 heavy (non-hydrogen) atoms. The van der Waals surface area contributed by atoms with E-state index in [1.165, 1.54) is 35.6 Å². The Bertz CT molecular complexity index is 1110. The van der Waals surface area contributed by atoms with Crippen molar-refractivity contribution in [1.29, 1.82) is 0 Å². The molecule has 0 saturated carbocycles. The van der Waals surface area contributed by atoms with Gasteiger partial charge in [0, 0.05) is 30.2 Å². The van der Waals surface area contributed by atoms with Gasteiger partial charge in [0.2, 0.25) is 10.0 Å². The van der Waals surface area contributed by atoms with Gasteiger partial charge in [-0.25, -0.2) is 13.4 Å². The van der Waals surface area contributed by atoms with Gasteiger partial charge in [0.25, 0.3) is 5.91 Å². The van der Waals surface area contributed by atoms with Crippen LogP contribution in [0.15, 0.2) is 58.9 Å². The number of benzene rings is 1. The average Bonchev–Trinajstić information content (AvgIpc) is 3.28. The molecule has 0 unspecified atom stereocenters. The minimum atomic E-state index is -3.59. The molecule has 170 valence electrons. The van der Waals surface area contributed by atoms with Gasteiger partial charge in [-0.2, -0.15) is 4.31 Å². The van der Waals surface area contributed by atoms with Crippen LogP contribution in [-0.4, -0.2) is 41.7 Å². The second-order valence-corrected chi connectivity index (χ2v) is 10.1. The number of carbonyl (C=O) groups is 1. The maximum Gasteiger partial charge on any atom is 0.257 e. The fourth-order valence-corrected chi connectivity index (χ4v) is 5.30. The van der Waals surface area contributed by atoms with Gasteiger partial charge in [0.1, 0.15) is 5.69 Å². The summed E-state index contributed by atoms with van der Waals surface area (Å²) >= 11 is 1.31. The predicted octanol–water partition coefficient (Wildman–Crippen LogP) is 5.05. The van der Waals surface area contributed by atoms with Crippen LogP contribution in [0.5, 0.6) is 0 Å². The second kappa shape index (κ2) is 11.3. The highest BCUT2D eigenvalue weighted by atomic mass is 32.2. The number of anilines is 1. The van der Waals surface area contributed by atoms with Gasteiger partial charge in [-0.15, -0.1) is 11.3 Å². The molecule has 3 rings (SSSR count). The van der Waals surface area contributed by atoms with Crippen molar-refractivity contribution in [3.05, 3.63) is 59.6 Å². The maximum atomic E-state index is 13.1. The van der Waals surface area contributed by atoms with Crippen molar-refractivity contribution >= 4 is 32.4 Å². The average molecular weight is 473 g/mol. The van der Waals surface area contributed by atoms with Gasteiger partial charge >= 0.3 is 0 Å². The quantitative estimate of drug-likeness (QED) is 0.422. The van der Waals surface area contributed by atoms with Gasteiger partial charge in [-0.05, 0) is 49.2 Å². The van der Waals surface area contributed by atoms with E-state index in [0.29, 0.717) is 29.5 Å². The van der Waals surface area contributed by atoms with Crippen LogP contribution in [0.3, 0.4) is 0 Å². The van der Waals surface area contributed by atoms with Crippen molar-refractivity contribution < 1.29 is 13.2 Å². The molecule has 0 fully saturated rings. The topological polar surface area (TPSA) is 92.3 Å². The van der Waals surface area contributed by atoms with Crippen LogP contribution in [-0.2, 0) is 10.0 Å². The fourth-order valence-electron chi connectivity index (χ4n) is 3.08. The standard InChI is InChI=1S/C23H28N4O3S2/c1-3-5-15-27(16-6-4-2)32(29,30)19-12-10-18(11-13-19)22(28)26-23-25-21(17-31-23)20-9-7-8-14-24-20/h7-14,17H,3-6,15-16H2,1-2H3,(H,25,26,28). The van der Waals surface area contributed by atoms with E-state index < -0.39 is 10.0 Å². The summed E-state index contributed by atoms with van der Waals surface area (Å²) in [6, 6.07) is 11.6. The molecule has 7 nitrogen and oxygen atoms in total. The van der Waals surface area contributed by atoms with Crippen LogP contribution >= 0.6 is 11.3 Å². The lowest BCUT2D eigenvalue weighted by Crippen LogP contribution is -2.33. The lowest BCUT2D eigenvalue weighted by Gasteiger charge is -2.22. The minimum absolute atomic E-state index is 0.202. The molecule has 3 aromatic rings. The minimum Gasteiger partial charge on any atom is -0.298 e. The van der Waals surface area contributed by atoms with Crippen LogP contribution in [0.1, 0.15) is 49.9 Å². The molecular weight excluding hydrogens is 444 g/mol. The van der Waals surface area contributed by atoms with Gasteiger partial charge in [0.05, 0.1) is 10.6 Å². The number of carbonyl (C=O) groups excluding carboxylic acids is 1. The number of amides is 1. The van der Waals surface area contributed by atoms with Crippen LogP contribution in [0.2, 0.25) is 0 Å². The predicted molar refractivity (Wildman–Crippen MR) is 128 cm³/mol. The molecule has 1 amide bonds.